The van der Waals surface area contributed by atoms with Gasteiger partial charge < -0.3 is 14.0 Å². The van der Waals surface area contributed by atoms with Crippen LogP contribution < -0.4 is 9.47 Å². The van der Waals surface area contributed by atoms with Crippen molar-refractivity contribution in [2.45, 2.75) is 38.4 Å². The van der Waals surface area contributed by atoms with Gasteiger partial charge in [0.1, 0.15) is 0 Å². The molecule has 0 N–H and O–H groups in total. The number of aromatic nitrogens is 2. The summed E-state index contributed by atoms with van der Waals surface area (Å²) in [6, 6.07) is 15.3. The van der Waals surface area contributed by atoms with Gasteiger partial charge in [0.25, 0.3) is 0 Å². The second kappa shape index (κ2) is 7.98. The minimum atomic E-state index is 0.260. The fourth-order valence-corrected chi connectivity index (χ4v) is 4.94. The highest BCUT2D eigenvalue weighted by Gasteiger charge is 2.28. The molecular formula is C24H26N4O3. The smallest absolute Gasteiger partial charge is 0.241 e. The zero-order valence-corrected chi connectivity index (χ0v) is 17.5. The van der Waals surface area contributed by atoms with Gasteiger partial charge in [-0.05, 0) is 48.6 Å². The van der Waals surface area contributed by atoms with Gasteiger partial charge in [-0.1, -0.05) is 29.4 Å². The standard InChI is InChI=1S/C24H26N4O3/c1-2-4-19-14-28(12-7-17(19)3-1)20-8-10-27(11-9-20)15-23-25-24(26-31-23)18-5-6-21-22(13-18)30-16-29-21/h1-6,13,20H,7-12,14-16H2. The number of benzene rings is 2. The molecule has 0 radical (unpaired) electrons. The van der Waals surface area contributed by atoms with Crippen molar-refractivity contribution in [3.8, 4) is 22.9 Å². The third-order valence-electron chi connectivity index (χ3n) is 6.69. The average molecular weight is 418 g/mol. The molecule has 0 saturated carbocycles. The predicted octanol–water partition coefficient (Wildman–Crippen LogP) is 3.49. The van der Waals surface area contributed by atoms with Crippen LogP contribution in [-0.4, -0.2) is 52.4 Å². The van der Waals surface area contributed by atoms with Gasteiger partial charge in [0.15, 0.2) is 11.5 Å². The van der Waals surface area contributed by atoms with E-state index in [2.05, 4.69) is 44.2 Å². The van der Waals surface area contributed by atoms with Crippen molar-refractivity contribution in [2.24, 2.45) is 0 Å². The molecule has 0 spiro atoms. The summed E-state index contributed by atoms with van der Waals surface area (Å²) in [6.45, 7) is 5.34. The van der Waals surface area contributed by atoms with Crippen LogP contribution in [0.5, 0.6) is 11.5 Å². The number of hydrogen-bond acceptors (Lipinski definition) is 7. The molecule has 3 aliphatic heterocycles. The van der Waals surface area contributed by atoms with E-state index in [1.54, 1.807) is 0 Å². The van der Waals surface area contributed by atoms with E-state index in [0.29, 0.717) is 24.3 Å². The van der Waals surface area contributed by atoms with Crippen molar-refractivity contribution in [1.82, 2.24) is 19.9 Å². The Bertz CT molecular complexity index is 1070. The lowest BCUT2D eigenvalue weighted by Gasteiger charge is -2.40. The Labute approximate surface area is 181 Å². The minimum Gasteiger partial charge on any atom is -0.454 e. The van der Waals surface area contributed by atoms with Crippen LogP contribution in [0.15, 0.2) is 47.0 Å². The molecule has 0 atom stereocenters. The van der Waals surface area contributed by atoms with Gasteiger partial charge in [0.05, 0.1) is 6.54 Å². The van der Waals surface area contributed by atoms with Crippen molar-refractivity contribution < 1.29 is 14.0 Å². The zero-order valence-electron chi connectivity index (χ0n) is 17.5. The average Bonchev–Trinajstić information content (AvgIpc) is 3.48. The van der Waals surface area contributed by atoms with Crippen molar-refractivity contribution in [2.75, 3.05) is 26.4 Å². The first-order chi connectivity index (χ1) is 15.3. The second-order valence-corrected chi connectivity index (χ2v) is 8.58. The van der Waals surface area contributed by atoms with Gasteiger partial charge in [0.2, 0.25) is 18.5 Å². The lowest BCUT2D eigenvalue weighted by atomic mass is 9.95. The molecule has 31 heavy (non-hydrogen) atoms. The second-order valence-electron chi connectivity index (χ2n) is 8.58. The highest BCUT2D eigenvalue weighted by molar-refractivity contribution is 5.61. The summed E-state index contributed by atoms with van der Waals surface area (Å²) in [6.07, 6.45) is 3.54. The van der Waals surface area contributed by atoms with E-state index in [-0.39, 0.29) is 6.79 Å². The Balaban J connectivity index is 1.05. The first-order valence-corrected chi connectivity index (χ1v) is 11.1. The molecule has 7 nitrogen and oxygen atoms in total. The normalized spacial score (nSPS) is 19.5. The first-order valence-electron chi connectivity index (χ1n) is 11.1. The number of hydrogen-bond donors (Lipinski definition) is 0. The molecule has 160 valence electrons. The molecule has 6 rings (SSSR count). The summed E-state index contributed by atoms with van der Waals surface area (Å²) >= 11 is 0. The monoisotopic (exact) mass is 418 g/mol. The molecular weight excluding hydrogens is 392 g/mol. The highest BCUT2D eigenvalue weighted by atomic mass is 16.7. The molecule has 7 heteroatoms. The maximum atomic E-state index is 5.54. The quantitative estimate of drug-likeness (QED) is 0.643. The number of ether oxygens (including phenoxy) is 2. The molecule has 0 unspecified atom stereocenters. The molecule has 1 saturated heterocycles. The maximum absolute atomic E-state index is 5.54. The Morgan fingerprint density at radius 1 is 0.935 bits per heavy atom. The maximum Gasteiger partial charge on any atom is 0.241 e. The summed E-state index contributed by atoms with van der Waals surface area (Å²) in [5.41, 5.74) is 3.90. The summed E-state index contributed by atoms with van der Waals surface area (Å²) in [5.74, 6) is 2.74. The third-order valence-corrected chi connectivity index (χ3v) is 6.69. The zero-order chi connectivity index (χ0) is 20.6. The van der Waals surface area contributed by atoms with Gasteiger partial charge in [-0.15, -0.1) is 0 Å². The van der Waals surface area contributed by atoms with Crippen LogP contribution in [0.1, 0.15) is 29.9 Å². The Morgan fingerprint density at radius 3 is 2.68 bits per heavy atom. The van der Waals surface area contributed by atoms with Crippen LogP contribution in [0.3, 0.4) is 0 Å². The van der Waals surface area contributed by atoms with E-state index in [4.69, 9.17) is 14.0 Å². The van der Waals surface area contributed by atoms with Crippen molar-refractivity contribution in [3.63, 3.8) is 0 Å². The molecule has 3 aromatic rings. The van der Waals surface area contributed by atoms with E-state index in [1.807, 2.05) is 18.2 Å². The Morgan fingerprint density at radius 2 is 1.77 bits per heavy atom. The van der Waals surface area contributed by atoms with E-state index in [9.17, 15) is 0 Å². The van der Waals surface area contributed by atoms with Gasteiger partial charge >= 0.3 is 0 Å². The highest BCUT2D eigenvalue weighted by Crippen LogP contribution is 2.35. The van der Waals surface area contributed by atoms with E-state index in [0.717, 1.165) is 36.7 Å². The summed E-state index contributed by atoms with van der Waals surface area (Å²) < 4.78 is 16.4. The fourth-order valence-electron chi connectivity index (χ4n) is 4.94. The molecule has 0 bridgehead atoms. The van der Waals surface area contributed by atoms with Crippen molar-refractivity contribution >= 4 is 0 Å². The van der Waals surface area contributed by atoms with Crippen LogP contribution >= 0.6 is 0 Å². The van der Waals surface area contributed by atoms with E-state index < -0.39 is 0 Å². The lowest BCUT2D eigenvalue weighted by Crippen LogP contribution is -2.46. The number of likely N-dealkylation sites (tertiary alicyclic amines) is 1. The molecule has 1 fully saturated rings. The van der Waals surface area contributed by atoms with Crippen molar-refractivity contribution in [1.29, 1.82) is 0 Å². The van der Waals surface area contributed by atoms with Gasteiger partial charge in [-0.3, -0.25) is 9.80 Å². The first kappa shape index (κ1) is 18.8. The number of rotatable bonds is 4. The van der Waals surface area contributed by atoms with Crippen LogP contribution in [-0.2, 0) is 19.5 Å². The SMILES string of the molecule is c1ccc2c(c1)CCN(C1CCN(Cc3nc(-c4ccc5c(c4)OCO5)no3)CC1)C2. The molecule has 0 amide bonds. The largest absolute Gasteiger partial charge is 0.454 e. The molecule has 0 aliphatic carbocycles. The third kappa shape index (κ3) is 3.79. The number of fused-ring (bicyclic) bond motifs is 2. The minimum absolute atomic E-state index is 0.260. The van der Waals surface area contributed by atoms with E-state index >= 15 is 0 Å². The molecule has 2 aromatic carbocycles. The van der Waals surface area contributed by atoms with Gasteiger partial charge in [0, 0.05) is 37.8 Å². The topological polar surface area (TPSA) is 63.9 Å². The van der Waals surface area contributed by atoms with Gasteiger partial charge in [-0.2, -0.15) is 4.98 Å². The predicted molar refractivity (Wildman–Crippen MR) is 115 cm³/mol. The molecule has 1 aromatic heterocycles. The summed E-state index contributed by atoms with van der Waals surface area (Å²) in [4.78, 5) is 9.70. The summed E-state index contributed by atoms with van der Waals surface area (Å²) in [5, 5.41) is 4.17. The molecule has 3 aliphatic rings. The lowest BCUT2D eigenvalue weighted by molar-refractivity contribution is 0.0894. The van der Waals surface area contributed by atoms with Crippen LogP contribution in [0.25, 0.3) is 11.4 Å². The molecule has 4 heterocycles. The van der Waals surface area contributed by atoms with Gasteiger partial charge in [-0.25, -0.2) is 0 Å². The fraction of sp³-hybridized carbons (Fsp3) is 0.417. The number of nitrogens with zero attached hydrogens (tertiary/aromatic N) is 4. The Kier molecular flexibility index (Phi) is 4.85. The van der Waals surface area contributed by atoms with Crippen LogP contribution in [0.4, 0.5) is 0 Å². The Hall–Kier alpha value is -2.90. The van der Waals surface area contributed by atoms with Crippen LogP contribution in [0.2, 0.25) is 0 Å². The van der Waals surface area contributed by atoms with Crippen LogP contribution in [0, 0.1) is 0 Å². The summed E-state index contributed by atoms with van der Waals surface area (Å²) in [7, 11) is 0. The van der Waals surface area contributed by atoms with E-state index in [1.165, 1.54) is 36.9 Å². The van der Waals surface area contributed by atoms with Crippen molar-refractivity contribution in [3.05, 3.63) is 59.5 Å². The number of piperidine rings is 1.